The Bertz CT molecular complexity index is 532. The van der Waals surface area contributed by atoms with Gasteiger partial charge in [0.05, 0.1) is 27.1 Å². The second kappa shape index (κ2) is 4.02. The molecule has 2 rings (SSSR count). The number of rotatable bonds is 2. The van der Waals surface area contributed by atoms with E-state index < -0.39 is 17.9 Å². The molecule has 1 aromatic heterocycles. The third kappa shape index (κ3) is 1.82. The summed E-state index contributed by atoms with van der Waals surface area (Å²) in [5.41, 5.74) is 5.13. The highest BCUT2D eigenvalue weighted by molar-refractivity contribution is 6.08. The molecule has 0 radical (unpaired) electrons. The Morgan fingerprint density at radius 3 is 2.67 bits per heavy atom. The van der Waals surface area contributed by atoms with Crippen LogP contribution in [0, 0.1) is 0 Å². The summed E-state index contributed by atoms with van der Waals surface area (Å²) in [6.45, 7) is 0.607. The molecule has 0 bridgehead atoms. The zero-order valence-electron chi connectivity index (χ0n) is 10.3. The molecule has 2 N–H and O–H groups in total. The number of amides is 1. The van der Waals surface area contributed by atoms with Crippen LogP contribution in [0.2, 0.25) is 0 Å². The van der Waals surface area contributed by atoms with Crippen LogP contribution in [-0.4, -0.2) is 58.3 Å². The van der Waals surface area contributed by atoms with Crippen LogP contribution in [-0.2, 0) is 4.79 Å². The lowest BCUT2D eigenvalue weighted by molar-refractivity contribution is -0.888. The Morgan fingerprint density at radius 1 is 1.50 bits per heavy atom. The molecule has 18 heavy (non-hydrogen) atoms. The van der Waals surface area contributed by atoms with E-state index in [0.717, 1.165) is 4.57 Å². The predicted molar refractivity (Wildman–Crippen MR) is 61.8 cm³/mol. The van der Waals surface area contributed by atoms with Crippen molar-refractivity contribution in [2.45, 2.75) is 12.5 Å². The van der Waals surface area contributed by atoms with E-state index in [1.54, 1.807) is 0 Å². The number of carbonyl (C=O) groups excluding carboxylic acids is 3. The predicted octanol–water partition coefficient (Wildman–Crippen LogP) is -0.960. The van der Waals surface area contributed by atoms with Gasteiger partial charge in [-0.25, -0.2) is 4.98 Å². The van der Waals surface area contributed by atoms with Crippen molar-refractivity contribution < 1.29 is 18.9 Å². The molecule has 0 unspecified atom stereocenters. The number of likely N-dealkylation sites (N-methyl/N-ethyl adjacent to an activating group) is 1. The van der Waals surface area contributed by atoms with E-state index in [4.69, 9.17) is 5.73 Å². The first-order chi connectivity index (χ1) is 8.34. The molecular formula is C11H15N4O3+. The van der Waals surface area contributed by atoms with Crippen LogP contribution in [0.15, 0.2) is 12.4 Å². The Balaban J connectivity index is 2.40. The molecule has 0 saturated carbocycles. The standard InChI is InChI=1S/C11H14N4O3/c1-15(2)6-3-7(16)8(15)11(18)14-5-4-13-10(14)9(12)17/h4-5,8H,3,6H2,1-2H3,(H-,12,17)/p+1/t8-/m0/s1. The molecular weight excluding hydrogens is 236 g/mol. The largest absolute Gasteiger partial charge is 0.363 e. The van der Waals surface area contributed by atoms with Gasteiger partial charge in [-0.2, -0.15) is 0 Å². The number of quaternary nitrogens is 1. The fourth-order valence-corrected chi connectivity index (χ4v) is 2.29. The third-order valence-corrected chi connectivity index (χ3v) is 3.27. The molecule has 0 spiro atoms. The second-order valence-electron chi connectivity index (χ2n) is 4.94. The maximum atomic E-state index is 12.3. The average Bonchev–Trinajstić information content (AvgIpc) is 2.83. The van der Waals surface area contributed by atoms with Crippen LogP contribution in [0.4, 0.5) is 0 Å². The number of ketones is 1. The number of primary amides is 1. The van der Waals surface area contributed by atoms with Gasteiger partial charge in [-0.1, -0.05) is 0 Å². The second-order valence-corrected chi connectivity index (χ2v) is 4.94. The van der Waals surface area contributed by atoms with Gasteiger partial charge in [0.2, 0.25) is 17.6 Å². The van der Waals surface area contributed by atoms with Crippen molar-refractivity contribution in [3.63, 3.8) is 0 Å². The van der Waals surface area contributed by atoms with Crippen molar-refractivity contribution >= 4 is 17.6 Å². The zero-order chi connectivity index (χ0) is 13.5. The monoisotopic (exact) mass is 251 g/mol. The van der Waals surface area contributed by atoms with E-state index in [-0.39, 0.29) is 16.1 Å². The summed E-state index contributed by atoms with van der Waals surface area (Å²) in [7, 11) is 3.63. The van der Waals surface area contributed by atoms with E-state index in [1.807, 2.05) is 14.1 Å². The van der Waals surface area contributed by atoms with Gasteiger partial charge in [-0.05, 0) is 0 Å². The lowest BCUT2D eigenvalue weighted by Gasteiger charge is -2.29. The lowest BCUT2D eigenvalue weighted by atomic mass is 10.1. The number of hydrogen-bond donors (Lipinski definition) is 1. The fraction of sp³-hybridized carbons (Fsp3) is 0.455. The number of Topliss-reactive ketones (excluding diaryl/α,β-unsaturated/α-hetero) is 1. The molecule has 7 nitrogen and oxygen atoms in total. The van der Waals surface area contributed by atoms with Gasteiger partial charge in [0.15, 0.2) is 0 Å². The first kappa shape index (κ1) is 12.4. The Labute approximate surface area is 104 Å². The van der Waals surface area contributed by atoms with Crippen LogP contribution in [0.3, 0.4) is 0 Å². The van der Waals surface area contributed by atoms with Crippen molar-refractivity contribution in [2.24, 2.45) is 5.73 Å². The Kier molecular flexibility index (Phi) is 2.78. The van der Waals surface area contributed by atoms with Gasteiger partial charge in [0.1, 0.15) is 0 Å². The molecule has 1 saturated heterocycles. The number of nitrogens with two attached hydrogens (primary N) is 1. The summed E-state index contributed by atoms with van der Waals surface area (Å²) in [5, 5.41) is 0. The summed E-state index contributed by atoms with van der Waals surface area (Å²) in [5.74, 6) is -1.49. The molecule has 1 fully saturated rings. The highest BCUT2D eigenvalue weighted by Crippen LogP contribution is 2.21. The van der Waals surface area contributed by atoms with Crippen molar-refractivity contribution in [1.82, 2.24) is 9.55 Å². The first-order valence-corrected chi connectivity index (χ1v) is 5.57. The minimum Gasteiger partial charge on any atom is -0.363 e. The third-order valence-electron chi connectivity index (χ3n) is 3.27. The fourth-order valence-electron chi connectivity index (χ4n) is 2.29. The van der Waals surface area contributed by atoms with Gasteiger partial charge < -0.3 is 10.2 Å². The molecule has 1 aromatic rings. The molecule has 1 amide bonds. The Morgan fingerprint density at radius 2 is 2.17 bits per heavy atom. The summed E-state index contributed by atoms with van der Waals surface area (Å²) in [4.78, 5) is 39.0. The maximum absolute atomic E-state index is 12.3. The first-order valence-electron chi connectivity index (χ1n) is 5.57. The number of aromatic nitrogens is 2. The highest BCUT2D eigenvalue weighted by Gasteiger charge is 2.47. The van der Waals surface area contributed by atoms with Crippen molar-refractivity contribution in [1.29, 1.82) is 0 Å². The van der Waals surface area contributed by atoms with Crippen LogP contribution in [0.5, 0.6) is 0 Å². The quantitative estimate of drug-likeness (QED) is 0.541. The number of carbonyl (C=O) groups is 3. The van der Waals surface area contributed by atoms with E-state index >= 15 is 0 Å². The van der Waals surface area contributed by atoms with Crippen molar-refractivity contribution in [2.75, 3.05) is 20.6 Å². The maximum Gasteiger partial charge on any atom is 0.298 e. The molecule has 96 valence electrons. The summed E-state index contributed by atoms with van der Waals surface area (Å²) < 4.78 is 1.35. The van der Waals surface area contributed by atoms with E-state index in [9.17, 15) is 14.4 Å². The topological polar surface area (TPSA) is 95.1 Å². The number of hydrogen-bond acceptors (Lipinski definition) is 4. The van der Waals surface area contributed by atoms with Crippen molar-refractivity contribution in [3.05, 3.63) is 18.2 Å². The van der Waals surface area contributed by atoms with Crippen molar-refractivity contribution in [3.8, 4) is 0 Å². The molecule has 1 aliphatic rings. The van der Waals surface area contributed by atoms with Crippen LogP contribution < -0.4 is 5.73 Å². The Hall–Kier alpha value is -2.02. The zero-order valence-corrected chi connectivity index (χ0v) is 10.3. The molecule has 1 aliphatic heterocycles. The molecule has 0 aliphatic carbocycles. The van der Waals surface area contributed by atoms with Crippen LogP contribution >= 0.6 is 0 Å². The molecule has 2 heterocycles. The highest BCUT2D eigenvalue weighted by atomic mass is 16.2. The smallest absolute Gasteiger partial charge is 0.298 e. The summed E-state index contributed by atoms with van der Waals surface area (Å²) >= 11 is 0. The number of imidazole rings is 1. The van der Waals surface area contributed by atoms with E-state index in [0.29, 0.717) is 13.0 Å². The SMILES string of the molecule is C[N+]1(C)CCC(=O)[C@H]1C(=O)n1ccnc1C(N)=O. The van der Waals surface area contributed by atoms with Gasteiger partial charge in [0.25, 0.3) is 11.8 Å². The van der Waals surface area contributed by atoms with Gasteiger partial charge in [0, 0.05) is 12.4 Å². The summed E-state index contributed by atoms with van der Waals surface area (Å²) in [6.07, 6.45) is 3.04. The van der Waals surface area contributed by atoms with Gasteiger partial charge in [-0.15, -0.1) is 0 Å². The normalized spacial score (nSPS) is 22.1. The minimum absolute atomic E-state index is 0.117. The van der Waals surface area contributed by atoms with Crippen LogP contribution in [0.25, 0.3) is 0 Å². The average molecular weight is 251 g/mol. The van der Waals surface area contributed by atoms with E-state index in [2.05, 4.69) is 4.98 Å². The summed E-state index contributed by atoms with van der Waals surface area (Å²) in [6, 6.07) is -0.794. The molecule has 0 aromatic carbocycles. The van der Waals surface area contributed by atoms with Gasteiger partial charge >= 0.3 is 0 Å². The number of likely N-dealkylation sites (tertiary alicyclic amines) is 1. The molecule has 1 atom stereocenters. The van der Waals surface area contributed by atoms with Crippen LogP contribution in [0.1, 0.15) is 21.8 Å². The molecule has 7 heteroatoms. The minimum atomic E-state index is -0.794. The lowest BCUT2D eigenvalue weighted by Crippen LogP contribution is -2.52. The van der Waals surface area contributed by atoms with E-state index in [1.165, 1.54) is 12.4 Å². The number of nitrogens with zero attached hydrogens (tertiary/aromatic N) is 3. The van der Waals surface area contributed by atoms with Gasteiger partial charge in [-0.3, -0.25) is 19.0 Å².